The second-order valence-electron chi connectivity index (χ2n) is 12.7. The molecular formula is C33H42FN5O2. The van der Waals surface area contributed by atoms with Gasteiger partial charge in [-0.3, -0.25) is 0 Å². The number of rotatable bonds is 9. The number of hydrogen-bond donors (Lipinski definition) is 1. The van der Waals surface area contributed by atoms with Crippen molar-refractivity contribution in [3.63, 3.8) is 0 Å². The summed E-state index contributed by atoms with van der Waals surface area (Å²) in [5, 5.41) is 9.06. The first-order valence-corrected chi connectivity index (χ1v) is 15.4. The van der Waals surface area contributed by atoms with E-state index in [1.165, 1.54) is 18.2 Å². The van der Waals surface area contributed by atoms with Gasteiger partial charge in [-0.25, -0.2) is 9.18 Å². The van der Waals surface area contributed by atoms with E-state index in [9.17, 15) is 9.18 Å². The Kier molecular flexibility index (Phi) is 8.19. The lowest BCUT2D eigenvalue weighted by Gasteiger charge is -2.53. The second-order valence-corrected chi connectivity index (χ2v) is 12.7. The molecule has 4 fully saturated rings. The maximum atomic E-state index is 14.8. The van der Waals surface area contributed by atoms with Crippen molar-refractivity contribution >= 4 is 11.8 Å². The van der Waals surface area contributed by atoms with E-state index in [0.29, 0.717) is 17.4 Å². The van der Waals surface area contributed by atoms with Gasteiger partial charge in [0.25, 0.3) is 0 Å². The van der Waals surface area contributed by atoms with Crippen molar-refractivity contribution in [2.45, 2.75) is 50.0 Å². The summed E-state index contributed by atoms with van der Waals surface area (Å²) in [6.45, 7) is 8.27. The standard InChI is InChI=1S/C33H42FN5O2/c34-28-5-1-4-27(18-28)33(23-38-14-3-15-38,30-6-2-7-31(30)41-32(36)40)26-12-16-37(17-13-26)20-25-21-39(22-25)29-10-8-24(19-35)9-11-29/h1,4-5,8-11,18,25-26,30-31H,2-3,6-7,12-17,20-23H2,(H2,36,40)/t30-,31-,33-/m0/s1. The highest BCUT2D eigenvalue weighted by Crippen LogP contribution is 2.52. The Morgan fingerprint density at radius 1 is 1.00 bits per heavy atom. The molecular weight excluding hydrogens is 517 g/mol. The van der Waals surface area contributed by atoms with E-state index in [1.54, 1.807) is 6.07 Å². The quantitative estimate of drug-likeness (QED) is 0.477. The summed E-state index contributed by atoms with van der Waals surface area (Å²) in [6.07, 6.45) is 5.16. The molecule has 0 bridgehead atoms. The number of likely N-dealkylation sites (tertiary alicyclic amines) is 2. The molecule has 6 rings (SSSR count). The van der Waals surface area contributed by atoms with Crippen molar-refractivity contribution in [3.05, 3.63) is 65.5 Å². The summed E-state index contributed by atoms with van der Waals surface area (Å²) in [4.78, 5) is 19.4. The van der Waals surface area contributed by atoms with Gasteiger partial charge < -0.3 is 25.2 Å². The SMILES string of the molecule is N#Cc1ccc(N2CC(CN3CCC([C@@](CN4CCC4)(c4cccc(F)c4)[C@H]4CCC[C@@H]4OC(N)=O)CC3)C2)cc1. The van der Waals surface area contributed by atoms with E-state index in [2.05, 4.69) is 26.8 Å². The fraction of sp³-hybridized carbons (Fsp3) is 0.576. The molecule has 2 aromatic rings. The Hall–Kier alpha value is -3.15. The summed E-state index contributed by atoms with van der Waals surface area (Å²) in [5.74, 6) is 0.941. The third kappa shape index (κ3) is 5.80. The van der Waals surface area contributed by atoms with Gasteiger partial charge in [-0.15, -0.1) is 0 Å². The van der Waals surface area contributed by atoms with Crippen LogP contribution in [0.2, 0.25) is 0 Å². The lowest BCUT2D eigenvalue weighted by atomic mass is 9.58. The largest absolute Gasteiger partial charge is 0.446 e. The number of amides is 1. The third-order valence-corrected chi connectivity index (χ3v) is 10.3. The molecule has 0 aromatic heterocycles. The predicted molar refractivity (Wildman–Crippen MR) is 157 cm³/mol. The summed E-state index contributed by atoms with van der Waals surface area (Å²) in [5.41, 5.74) is 8.21. The molecule has 8 heteroatoms. The van der Waals surface area contributed by atoms with Crippen molar-refractivity contribution in [3.8, 4) is 6.07 Å². The zero-order chi connectivity index (χ0) is 28.4. The van der Waals surface area contributed by atoms with Crippen LogP contribution < -0.4 is 10.6 Å². The lowest BCUT2D eigenvalue weighted by Crippen LogP contribution is -2.58. The number of piperidine rings is 1. The molecule has 0 radical (unpaired) electrons. The maximum absolute atomic E-state index is 14.8. The number of benzene rings is 2. The first-order valence-electron chi connectivity index (χ1n) is 15.4. The van der Waals surface area contributed by atoms with E-state index < -0.39 is 6.09 Å². The molecule has 7 nitrogen and oxygen atoms in total. The van der Waals surface area contributed by atoms with Gasteiger partial charge in [-0.1, -0.05) is 12.1 Å². The van der Waals surface area contributed by atoms with Gasteiger partial charge in [-0.2, -0.15) is 5.26 Å². The van der Waals surface area contributed by atoms with Crippen molar-refractivity contribution in [1.82, 2.24) is 9.80 Å². The highest BCUT2D eigenvalue weighted by molar-refractivity contribution is 5.65. The van der Waals surface area contributed by atoms with Crippen molar-refractivity contribution < 1.29 is 13.9 Å². The molecule has 41 heavy (non-hydrogen) atoms. The van der Waals surface area contributed by atoms with Crippen molar-refractivity contribution in [1.29, 1.82) is 5.26 Å². The van der Waals surface area contributed by atoms with Crippen molar-refractivity contribution in [2.75, 3.05) is 57.3 Å². The molecule has 2 aromatic carbocycles. The van der Waals surface area contributed by atoms with Crippen LogP contribution in [0.4, 0.5) is 14.9 Å². The minimum Gasteiger partial charge on any atom is -0.446 e. The molecule has 4 aliphatic rings. The molecule has 3 saturated heterocycles. The molecule has 3 aliphatic heterocycles. The molecule has 3 atom stereocenters. The van der Waals surface area contributed by atoms with Crippen LogP contribution in [0.25, 0.3) is 0 Å². The van der Waals surface area contributed by atoms with E-state index in [0.717, 1.165) is 90.0 Å². The summed E-state index contributed by atoms with van der Waals surface area (Å²) < 4.78 is 20.5. The molecule has 2 N–H and O–H groups in total. The highest BCUT2D eigenvalue weighted by atomic mass is 19.1. The first-order chi connectivity index (χ1) is 19.9. The smallest absolute Gasteiger partial charge is 0.404 e. The number of anilines is 1. The van der Waals surface area contributed by atoms with E-state index in [-0.39, 0.29) is 23.3 Å². The fourth-order valence-corrected chi connectivity index (χ4v) is 8.22. The van der Waals surface area contributed by atoms with Crippen molar-refractivity contribution in [2.24, 2.45) is 23.5 Å². The Bertz CT molecular complexity index is 1250. The van der Waals surface area contributed by atoms with E-state index in [4.69, 9.17) is 15.7 Å². The molecule has 0 unspecified atom stereocenters. The first kappa shape index (κ1) is 28.0. The summed E-state index contributed by atoms with van der Waals surface area (Å²) >= 11 is 0. The van der Waals surface area contributed by atoms with Gasteiger partial charge in [0.1, 0.15) is 11.9 Å². The van der Waals surface area contributed by atoms with Crippen LogP contribution in [0.5, 0.6) is 0 Å². The number of nitrogens with two attached hydrogens (primary N) is 1. The molecule has 1 saturated carbocycles. The Balaban J connectivity index is 1.17. The average Bonchev–Trinajstić information content (AvgIpc) is 3.38. The van der Waals surface area contributed by atoms with Crippen LogP contribution in [0, 0.1) is 34.9 Å². The van der Waals surface area contributed by atoms with Gasteiger partial charge in [-0.05, 0) is 113 Å². The van der Waals surface area contributed by atoms with Crippen LogP contribution in [-0.2, 0) is 10.2 Å². The van der Waals surface area contributed by atoms with Crippen LogP contribution in [0.1, 0.15) is 49.7 Å². The van der Waals surface area contributed by atoms with Gasteiger partial charge in [0.05, 0.1) is 11.6 Å². The number of primary amides is 1. The van der Waals surface area contributed by atoms with Gasteiger partial charge in [0, 0.05) is 49.1 Å². The average molecular weight is 560 g/mol. The summed E-state index contributed by atoms with van der Waals surface area (Å²) in [7, 11) is 0. The van der Waals surface area contributed by atoms with Crippen LogP contribution in [-0.4, -0.2) is 74.4 Å². The molecule has 218 valence electrons. The van der Waals surface area contributed by atoms with Gasteiger partial charge in [0.2, 0.25) is 0 Å². The Morgan fingerprint density at radius 3 is 2.39 bits per heavy atom. The number of nitrogens with zero attached hydrogens (tertiary/aromatic N) is 4. The number of halogens is 1. The van der Waals surface area contributed by atoms with E-state index in [1.807, 2.05) is 30.3 Å². The van der Waals surface area contributed by atoms with Crippen LogP contribution in [0.15, 0.2) is 48.5 Å². The van der Waals surface area contributed by atoms with E-state index >= 15 is 0 Å². The second kappa shape index (κ2) is 12.0. The number of carbonyl (C=O) groups is 1. The lowest BCUT2D eigenvalue weighted by molar-refractivity contribution is -0.0145. The molecule has 1 amide bonds. The number of ether oxygens (including phenoxy) is 1. The monoisotopic (exact) mass is 559 g/mol. The Morgan fingerprint density at radius 2 is 1.76 bits per heavy atom. The zero-order valence-corrected chi connectivity index (χ0v) is 23.9. The summed E-state index contributed by atoms with van der Waals surface area (Å²) in [6, 6.07) is 17.3. The van der Waals surface area contributed by atoms with Gasteiger partial charge >= 0.3 is 6.09 Å². The fourth-order valence-electron chi connectivity index (χ4n) is 8.22. The zero-order valence-electron chi connectivity index (χ0n) is 23.9. The van der Waals surface area contributed by atoms with Crippen LogP contribution in [0.3, 0.4) is 0 Å². The minimum atomic E-state index is -0.704. The highest BCUT2D eigenvalue weighted by Gasteiger charge is 2.53. The maximum Gasteiger partial charge on any atom is 0.404 e. The molecule has 0 spiro atoms. The van der Waals surface area contributed by atoms with Gasteiger partial charge in [0.15, 0.2) is 0 Å². The third-order valence-electron chi connectivity index (χ3n) is 10.3. The normalized spacial score (nSPS) is 25.6. The molecule has 3 heterocycles. The Labute approximate surface area is 243 Å². The predicted octanol–water partition coefficient (Wildman–Crippen LogP) is 4.75. The van der Waals surface area contributed by atoms with Crippen LogP contribution >= 0.6 is 0 Å². The number of carbonyl (C=O) groups excluding carboxylic acids is 1. The minimum absolute atomic E-state index is 0.126. The molecule has 1 aliphatic carbocycles. The topological polar surface area (TPSA) is 85.8 Å². The number of nitriles is 1. The number of hydrogen-bond acceptors (Lipinski definition) is 6.